The monoisotopic (exact) mass is 445 g/mol. The van der Waals surface area contributed by atoms with E-state index in [1.54, 1.807) is 28.6 Å². The number of hydrogen-bond acceptors (Lipinski definition) is 4. The van der Waals surface area contributed by atoms with E-state index in [1.165, 1.54) is 0 Å². The van der Waals surface area contributed by atoms with Crippen LogP contribution >= 0.6 is 0 Å². The molecule has 3 heterocycles. The Morgan fingerprint density at radius 2 is 1.84 bits per heavy atom. The molecule has 8 heteroatoms. The summed E-state index contributed by atoms with van der Waals surface area (Å²) in [6, 6.07) is 10.6. The van der Waals surface area contributed by atoms with E-state index < -0.39 is 10.0 Å². The average molecular weight is 446 g/mol. The van der Waals surface area contributed by atoms with Crippen LogP contribution in [0, 0.1) is 11.3 Å². The van der Waals surface area contributed by atoms with Crippen molar-refractivity contribution in [3.8, 4) is 5.75 Å². The molecule has 0 N–H and O–H groups in total. The van der Waals surface area contributed by atoms with Crippen molar-refractivity contribution >= 4 is 15.9 Å². The lowest BCUT2D eigenvalue weighted by Gasteiger charge is -2.45. The highest BCUT2D eigenvalue weighted by Gasteiger charge is 2.43. The molecule has 31 heavy (non-hydrogen) atoms. The molecule has 2 aliphatic heterocycles. The molecule has 4 rings (SSSR count). The number of nitrogens with zero attached hydrogens (tertiary/aromatic N) is 3. The molecule has 0 bridgehead atoms. The molecule has 1 aromatic heterocycles. The van der Waals surface area contributed by atoms with Crippen molar-refractivity contribution in [2.45, 2.75) is 31.6 Å². The SMILES string of the molecule is CC(C)CN1CC2(CCN(C(=O)c3cccn3C)CC2)COc2ccccc2S1(=O)=O. The molecule has 2 aromatic rings. The highest BCUT2D eigenvalue weighted by Crippen LogP contribution is 2.39. The lowest BCUT2D eigenvalue weighted by molar-refractivity contribution is 0.0285. The summed E-state index contributed by atoms with van der Waals surface area (Å²) in [5.74, 6) is 0.641. The van der Waals surface area contributed by atoms with E-state index in [0.717, 1.165) is 0 Å². The zero-order valence-corrected chi connectivity index (χ0v) is 19.3. The quantitative estimate of drug-likeness (QED) is 0.728. The van der Waals surface area contributed by atoms with Gasteiger partial charge in [-0.2, -0.15) is 4.31 Å². The first kappa shape index (κ1) is 21.9. The molecule has 1 saturated heterocycles. The lowest BCUT2D eigenvalue weighted by Crippen LogP contribution is -2.53. The number of aryl methyl sites for hydroxylation is 1. The minimum atomic E-state index is -3.66. The fourth-order valence-corrected chi connectivity index (χ4v) is 6.41. The Morgan fingerprint density at radius 1 is 1.13 bits per heavy atom. The molecule has 1 amide bonds. The molecule has 0 radical (unpaired) electrons. The summed E-state index contributed by atoms with van der Waals surface area (Å²) < 4.78 is 36.5. The number of carbonyl (C=O) groups excluding carboxylic acids is 1. The van der Waals surface area contributed by atoms with Gasteiger partial charge in [-0.15, -0.1) is 0 Å². The largest absolute Gasteiger partial charge is 0.492 e. The Bertz CT molecular complexity index is 1050. The Labute approximate surface area is 184 Å². The number of fused-ring (bicyclic) bond motifs is 1. The molecular weight excluding hydrogens is 414 g/mol. The van der Waals surface area contributed by atoms with Crippen molar-refractivity contribution < 1.29 is 17.9 Å². The third-order valence-electron chi connectivity index (χ3n) is 6.36. The number of hydrogen-bond donors (Lipinski definition) is 0. The first-order chi connectivity index (χ1) is 14.7. The molecule has 2 aliphatic rings. The van der Waals surface area contributed by atoms with Gasteiger partial charge in [0.05, 0.1) is 6.61 Å². The van der Waals surface area contributed by atoms with Gasteiger partial charge in [0.25, 0.3) is 5.91 Å². The average Bonchev–Trinajstić information content (AvgIpc) is 3.17. The fraction of sp³-hybridized carbons (Fsp3) is 0.522. The van der Waals surface area contributed by atoms with E-state index in [4.69, 9.17) is 4.74 Å². The predicted octanol–water partition coefficient (Wildman–Crippen LogP) is 2.99. The van der Waals surface area contributed by atoms with Crippen LogP contribution in [0.4, 0.5) is 0 Å². The van der Waals surface area contributed by atoms with Gasteiger partial charge in [0.15, 0.2) is 0 Å². The van der Waals surface area contributed by atoms with Gasteiger partial charge >= 0.3 is 0 Å². The van der Waals surface area contributed by atoms with Crippen molar-refractivity contribution in [1.82, 2.24) is 13.8 Å². The number of rotatable bonds is 3. The number of likely N-dealkylation sites (tertiary alicyclic amines) is 1. The number of sulfonamides is 1. The maximum Gasteiger partial charge on any atom is 0.270 e. The topological polar surface area (TPSA) is 71.8 Å². The minimum absolute atomic E-state index is 0.0196. The van der Waals surface area contributed by atoms with Crippen molar-refractivity contribution in [2.24, 2.45) is 18.4 Å². The second-order valence-electron chi connectivity index (χ2n) is 9.22. The van der Waals surface area contributed by atoms with E-state index in [0.29, 0.717) is 57.1 Å². The number of piperidine rings is 1. The Morgan fingerprint density at radius 3 is 2.48 bits per heavy atom. The van der Waals surface area contributed by atoms with Crippen molar-refractivity contribution in [3.05, 3.63) is 48.3 Å². The first-order valence-corrected chi connectivity index (χ1v) is 12.3. The molecule has 168 valence electrons. The zero-order valence-electron chi connectivity index (χ0n) is 18.5. The molecule has 1 aromatic carbocycles. The normalized spacial score (nSPS) is 20.7. The Hall–Kier alpha value is -2.32. The standard InChI is InChI=1S/C23H31N3O4S/c1-18(2)15-26-16-23(17-30-20-8-4-5-9-21(20)31(26,28)29)10-13-25(14-11-23)22(27)19-7-6-12-24(19)3/h4-9,12,18H,10-11,13-17H2,1-3H3. The lowest BCUT2D eigenvalue weighted by atomic mass is 9.78. The summed E-state index contributed by atoms with van der Waals surface area (Å²) in [5.41, 5.74) is 0.350. The first-order valence-electron chi connectivity index (χ1n) is 10.8. The Balaban J connectivity index is 1.59. The third kappa shape index (κ3) is 4.23. The second-order valence-corrected chi connectivity index (χ2v) is 11.1. The highest BCUT2D eigenvalue weighted by molar-refractivity contribution is 7.89. The van der Waals surface area contributed by atoms with Crippen LogP contribution in [0.25, 0.3) is 0 Å². The number of ether oxygens (including phenoxy) is 1. The van der Waals surface area contributed by atoms with Crippen LogP contribution in [0.2, 0.25) is 0 Å². The summed E-state index contributed by atoms with van der Waals surface area (Å²) in [5, 5.41) is 0. The molecular formula is C23H31N3O4S. The van der Waals surface area contributed by atoms with Crippen LogP contribution in [0.1, 0.15) is 37.2 Å². The van der Waals surface area contributed by atoms with E-state index in [2.05, 4.69) is 0 Å². The van der Waals surface area contributed by atoms with Crippen molar-refractivity contribution in [3.63, 3.8) is 0 Å². The van der Waals surface area contributed by atoms with Gasteiger partial charge < -0.3 is 14.2 Å². The molecule has 1 spiro atoms. The molecule has 7 nitrogen and oxygen atoms in total. The number of benzene rings is 1. The van der Waals surface area contributed by atoms with Crippen molar-refractivity contribution in [2.75, 3.05) is 32.8 Å². The summed E-state index contributed by atoms with van der Waals surface area (Å²) in [4.78, 5) is 15.0. The smallest absolute Gasteiger partial charge is 0.270 e. The summed E-state index contributed by atoms with van der Waals surface area (Å²) >= 11 is 0. The van der Waals surface area contributed by atoms with E-state index in [1.807, 2.05) is 48.7 Å². The number of aromatic nitrogens is 1. The van der Waals surface area contributed by atoms with Crippen LogP contribution in [-0.4, -0.2) is 60.9 Å². The fourth-order valence-electron chi connectivity index (χ4n) is 4.56. The number of para-hydroxylation sites is 1. The second kappa shape index (κ2) is 8.31. The zero-order chi connectivity index (χ0) is 22.2. The highest BCUT2D eigenvalue weighted by atomic mass is 32.2. The van der Waals surface area contributed by atoms with E-state index in [9.17, 15) is 13.2 Å². The van der Waals surface area contributed by atoms with Gasteiger partial charge in [0.1, 0.15) is 16.3 Å². The maximum atomic E-state index is 13.5. The predicted molar refractivity (Wildman–Crippen MR) is 119 cm³/mol. The third-order valence-corrected chi connectivity index (χ3v) is 8.21. The van der Waals surface area contributed by atoms with Gasteiger partial charge in [0, 0.05) is 44.8 Å². The van der Waals surface area contributed by atoms with E-state index in [-0.39, 0.29) is 22.1 Å². The van der Waals surface area contributed by atoms with E-state index >= 15 is 0 Å². The van der Waals surface area contributed by atoms with Crippen LogP contribution in [0.5, 0.6) is 5.75 Å². The molecule has 0 unspecified atom stereocenters. The Kier molecular flexibility index (Phi) is 5.87. The molecule has 0 atom stereocenters. The maximum absolute atomic E-state index is 13.5. The van der Waals surface area contributed by atoms with Gasteiger partial charge in [-0.05, 0) is 43.0 Å². The molecule has 1 fully saturated rings. The summed E-state index contributed by atoms with van der Waals surface area (Å²) in [6.07, 6.45) is 3.28. The van der Waals surface area contributed by atoms with Crippen LogP contribution in [-0.2, 0) is 17.1 Å². The molecule has 0 saturated carbocycles. The summed E-state index contributed by atoms with van der Waals surface area (Å²) in [6.45, 7) is 6.56. The van der Waals surface area contributed by atoms with Crippen LogP contribution in [0.3, 0.4) is 0 Å². The van der Waals surface area contributed by atoms with Crippen LogP contribution < -0.4 is 4.74 Å². The summed E-state index contributed by atoms with van der Waals surface area (Å²) in [7, 11) is -1.79. The van der Waals surface area contributed by atoms with Gasteiger partial charge in [-0.3, -0.25) is 4.79 Å². The van der Waals surface area contributed by atoms with Gasteiger partial charge in [-0.1, -0.05) is 26.0 Å². The minimum Gasteiger partial charge on any atom is -0.492 e. The van der Waals surface area contributed by atoms with Crippen LogP contribution in [0.15, 0.2) is 47.5 Å². The number of amides is 1. The van der Waals surface area contributed by atoms with Gasteiger partial charge in [-0.25, -0.2) is 8.42 Å². The number of carbonyl (C=O) groups is 1. The van der Waals surface area contributed by atoms with Gasteiger partial charge in [0.2, 0.25) is 10.0 Å². The van der Waals surface area contributed by atoms with Crippen molar-refractivity contribution in [1.29, 1.82) is 0 Å². The molecule has 0 aliphatic carbocycles.